The molecule has 2 amide bonds. The van der Waals surface area contributed by atoms with E-state index in [9.17, 15) is 9.59 Å². The number of benzene rings is 2. The van der Waals surface area contributed by atoms with Crippen LogP contribution in [0.1, 0.15) is 67.8 Å². The number of nitrogens with two attached hydrogens (primary N) is 1. The normalized spacial score (nSPS) is 25.1. The average molecular weight is 433 g/mol. The molecular weight excluding hydrogens is 404 g/mol. The number of carbonyl (C=O) groups is 2. The molecule has 0 unspecified atom stereocenters. The molecule has 1 atom stereocenters. The Balaban J connectivity index is 1.42. The van der Waals surface area contributed by atoms with E-state index in [1.165, 1.54) is 0 Å². The summed E-state index contributed by atoms with van der Waals surface area (Å²) in [4.78, 5) is 31.4. The SMILES string of the molecule is CC1(C)OC(=O)N(C2CCC(n3c(C(N)=O)nc4ccccc43)CC2)[C@H]1c1ccccc1. The molecule has 32 heavy (non-hydrogen) atoms. The highest BCUT2D eigenvalue weighted by atomic mass is 16.6. The number of amides is 2. The van der Waals surface area contributed by atoms with Gasteiger partial charge in [-0.2, -0.15) is 0 Å². The number of imidazole rings is 1. The van der Waals surface area contributed by atoms with Gasteiger partial charge >= 0.3 is 6.09 Å². The van der Waals surface area contributed by atoms with E-state index < -0.39 is 11.5 Å². The van der Waals surface area contributed by atoms with Gasteiger partial charge in [-0.1, -0.05) is 42.5 Å². The molecule has 0 spiro atoms. The van der Waals surface area contributed by atoms with E-state index in [-0.39, 0.29) is 24.2 Å². The summed E-state index contributed by atoms with van der Waals surface area (Å²) in [7, 11) is 0. The lowest BCUT2D eigenvalue weighted by atomic mass is 9.85. The number of fused-ring (bicyclic) bond motifs is 1. The lowest BCUT2D eigenvalue weighted by Crippen LogP contribution is -2.43. The summed E-state index contributed by atoms with van der Waals surface area (Å²) in [6.07, 6.45) is 3.06. The monoisotopic (exact) mass is 432 g/mol. The summed E-state index contributed by atoms with van der Waals surface area (Å²) in [5, 5.41) is 0. The summed E-state index contributed by atoms with van der Waals surface area (Å²) in [5.74, 6) is -0.212. The maximum atomic E-state index is 12.9. The maximum Gasteiger partial charge on any atom is 0.411 e. The molecule has 2 N–H and O–H groups in total. The number of aromatic nitrogens is 2. The fourth-order valence-corrected chi connectivity index (χ4v) is 5.51. The zero-order valence-corrected chi connectivity index (χ0v) is 18.4. The molecule has 2 heterocycles. The third-order valence-electron chi connectivity index (χ3n) is 6.85. The molecule has 2 aromatic carbocycles. The first-order valence-corrected chi connectivity index (χ1v) is 11.2. The van der Waals surface area contributed by atoms with E-state index in [1.807, 2.05) is 65.8 Å². The predicted octanol–water partition coefficient (Wildman–Crippen LogP) is 4.59. The lowest BCUT2D eigenvalue weighted by molar-refractivity contribution is 0.0661. The highest BCUT2D eigenvalue weighted by Crippen LogP contribution is 2.45. The number of hydrogen-bond acceptors (Lipinski definition) is 4. The van der Waals surface area contributed by atoms with Gasteiger partial charge in [0, 0.05) is 12.1 Å². The number of rotatable bonds is 4. The molecule has 166 valence electrons. The number of carbonyl (C=O) groups excluding carboxylic acids is 2. The zero-order chi connectivity index (χ0) is 22.5. The Morgan fingerprint density at radius 1 is 1.00 bits per heavy atom. The van der Waals surface area contributed by atoms with Crippen LogP contribution in [0.3, 0.4) is 0 Å². The van der Waals surface area contributed by atoms with Crippen LogP contribution in [0.15, 0.2) is 54.6 Å². The molecule has 1 aliphatic heterocycles. The van der Waals surface area contributed by atoms with E-state index in [2.05, 4.69) is 17.1 Å². The molecular formula is C25H28N4O3. The van der Waals surface area contributed by atoms with Gasteiger partial charge < -0.3 is 15.0 Å². The minimum atomic E-state index is -0.602. The summed E-state index contributed by atoms with van der Waals surface area (Å²) in [5.41, 5.74) is 7.83. The average Bonchev–Trinajstić information content (AvgIpc) is 3.28. The number of ether oxygens (including phenoxy) is 1. The van der Waals surface area contributed by atoms with Gasteiger partial charge in [-0.25, -0.2) is 9.78 Å². The van der Waals surface area contributed by atoms with Gasteiger partial charge in [0.15, 0.2) is 5.82 Å². The molecule has 2 fully saturated rings. The second kappa shape index (κ2) is 7.65. The topological polar surface area (TPSA) is 90.5 Å². The minimum Gasteiger partial charge on any atom is -0.441 e. The third kappa shape index (κ3) is 3.32. The van der Waals surface area contributed by atoms with Gasteiger partial charge in [-0.15, -0.1) is 0 Å². The van der Waals surface area contributed by atoms with Gasteiger partial charge in [-0.05, 0) is 57.2 Å². The van der Waals surface area contributed by atoms with Crippen molar-refractivity contribution in [2.45, 2.75) is 63.3 Å². The summed E-state index contributed by atoms with van der Waals surface area (Å²) >= 11 is 0. The Bertz CT molecular complexity index is 1160. The number of primary amides is 1. The van der Waals surface area contributed by atoms with Crippen molar-refractivity contribution in [2.24, 2.45) is 5.73 Å². The quantitative estimate of drug-likeness (QED) is 0.653. The molecule has 2 aliphatic rings. The summed E-state index contributed by atoms with van der Waals surface area (Å²) in [6, 6.07) is 17.9. The van der Waals surface area contributed by atoms with Crippen molar-refractivity contribution in [3.63, 3.8) is 0 Å². The molecule has 7 heteroatoms. The van der Waals surface area contributed by atoms with Crippen LogP contribution >= 0.6 is 0 Å². The van der Waals surface area contributed by atoms with E-state index in [0.717, 1.165) is 42.3 Å². The maximum absolute atomic E-state index is 12.9. The first-order valence-electron chi connectivity index (χ1n) is 11.2. The molecule has 1 aromatic heterocycles. The predicted molar refractivity (Wildman–Crippen MR) is 121 cm³/mol. The second-order valence-electron chi connectivity index (χ2n) is 9.31. The van der Waals surface area contributed by atoms with Crippen LogP contribution in [0.4, 0.5) is 4.79 Å². The summed E-state index contributed by atoms with van der Waals surface area (Å²) < 4.78 is 7.79. The number of nitrogens with zero attached hydrogens (tertiary/aromatic N) is 3. The fraction of sp³-hybridized carbons (Fsp3) is 0.400. The molecule has 0 radical (unpaired) electrons. The largest absolute Gasteiger partial charge is 0.441 e. The van der Waals surface area contributed by atoms with Crippen LogP contribution in [0.2, 0.25) is 0 Å². The second-order valence-corrected chi connectivity index (χ2v) is 9.31. The number of hydrogen-bond donors (Lipinski definition) is 1. The van der Waals surface area contributed by atoms with Crippen LogP contribution in [-0.2, 0) is 4.74 Å². The minimum absolute atomic E-state index is 0.0811. The van der Waals surface area contributed by atoms with Gasteiger partial charge in [0.05, 0.1) is 17.1 Å². The molecule has 7 nitrogen and oxygen atoms in total. The Hall–Kier alpha value is -3.35. The van der Waals surface area contributed by atoms with E-state index >= 15 is 0 Å². The van der Waals surface area contributed by atoms with Gasteiger partial charge in [0.2, 0.25) is 0 Å². The van der Waals surface area contributed by atoms with Crippen LogP contribution in [0.25, 0.3) is 11.0 Å². The Kier molecular flexibility index (Phi) is 4.92. The summed E-state index contributed by atoms with van der Waals surface area (Å²) in [6.45, 7) is 3.95. The number of cyclic esters (lactones) is 1. The Morgan fingerprint density at radius 3 is 2.31 bits per heavy atom. The fourth-order valence-electron chi connectivity index (χ4n) is 5.51. The molecule has 3 aromatic rings. The van der Waals surface area contributed by atoms with Gasteiger partial charge in [0.1, 0.15) is 5.60 Å². The first kappa shape index (κ1) is 20.5. The van der Waals surface area contributed by atoms with E-state index in [0.29, 0.717) is 5.82 Å². The van der Waals surface area contributed by atoms with Gasteiger partial charge in [-0.3, -0.25) is 9.69 Å². The third-order valence-corrected chi connectivity index (χ3v) is 6.85. The molecule has 5 rings (SSSR count). The van der Waals surface area contributed by atoms with Crippen molar-refractivity contribution >= 4 is 23.0 Å². The van der Waals surface area contributed by atoms with Gasteiger partial charge in [0.25, 0.3) is 5.91 Å². The van der Waals surface area contributed by atoms with Crippen molar-refractivity contribution < 1.29 is 14.3 Å². The van der Waals surface area contributed by atoms with Crippen molar-refractivity contribution in [3.8, 4) is 0 Å². The molecule has 1 aliphatic carbocycles. The van der Waals surface area contributed by atoms with Crippen molar-refractivity contribution in [2.75, 3.05) is 0 Å². The lowest BCUT2D eigenvalue weighted by Gasteiger charge is -2.38. The number of para-hydroxylation sites is 2. The van der Waals surface area contributed by atoms with Crippen molar-refractivity contribution in [1.82, 2.24) is 14.5 Å². The van der Waals surface area contributed by atoms with E-state index in [4.69, 9.17) is 10.5 Å². The zero-order valence-electron chi connectivity index (χ0n) is 18.4. The van der Waals surface area contributed by atoms with Crippen molar-refractivity contribution in [3.05, 3.63) is 66.0 Å². The smallest absolute Gasteiger partial charge is 0.411 e. The van der Waals surface area contributed by atoms with Crippen LogP contribution in [0.5, 0.6) is 0 Å². The standard InChI is InChI=1S/C25H28N4O3/c1-25(2)21(16-8-4-3-5-9-16)29(24(31)32-25)18-14-12-17(13-15-18)28-20-11-7-6-10-19(20)27-23(28)22(26)30/h3-11,17-18,21H,12-15H2,1-2H3,(H2,26,30)/t17?,18?,21-/m0/s1. The molecule has 0 bridgehead atoms. The van der Waals surface area contributed by atoms with Crippen LogP contribution in [0, 0.1) is 0 Å². The highest BCUT2D eigenvalue weighted by Gasteiger charge is 2.51. The Labute approximate surface area is 187 Å². The highest BCUT2D eigenvalue weighted by molar-refractivity contribution is 5.93. The Morgan fingerprint density at radius 2 is 1.62 bits per heavy atom. The van der Waals surface area contributed by atoms with Crippen LogP contribution < -0.4 is 5.73 Å². The van der Waals surface area contributed by atoms with E-state index in [1.54, 1.807) is 0 Å². The first-order chi connectivity index (χ1) is 15.4. The van der Waals surface area contributed by atoms with Crippen molar-refractivity contribution in [1.29, 1.82) is 0 Å². The molecule has 1 saturated carbocycles. The van der Waals surface area contributed by atoms with Crippen LogP contribution in [-0.4, -0.2) is 38.1 Å². The molecule has 1 saturated heterocycles.